The zero-order chi connectivity index (χ0) is 23.4. The van der Waals surface area contributed by atoms with Crippen LogP contribution in [0.15, 0.2) is 30.6 Å². The van der Waals surface area contributed by atoms with E-state index in [4.69, 9.17) is 10.1 Å². The maximum Gasteiger partial charge on any atom is 0.210 e. The fraction of sp³-hybridized carbons (Fsp3) is 0.417. The molecule has 0 radical (unpaired) electrons. The number of nitrogens with zero attached hydrogens (tertiary/aromatic N) is 7. The van der Waals surface area contributed by atoms with E-state index < -0.39 is 11.2 Å². The van der Waals surface area contributed by atoms with Crippen LogP contribution in [-0.2, 0) is 43.2 Å². The molecule has 0 atom stereocenters. The summed E-state index contributed by atoms with van der Waals surface area (Å²) in [5.74, 6) is 2.85. The molecule has 2 aliphatic heterocycles. The molecular formula is C24H27N7O2S. The first-order valence-electron chi connectivity index (χ1n) is 11.6. The topological polar surface area (TPSA) is 96.8 Å². The van der Waals surface area contributed by atoms with Gasteiger partial charge in [-0.2, -0.15) is 10.2 Å². The second-order valence-corrected chi connectivity index (χ2v) is 10.9. The molecule has 34 heavy (non-hydrogen) atoms. The lowest BCUT2D eigenvalue weighted by Crippen LogP contribution is -2.34. The Balaban J connectivity index is 1.48. The van der Waals surface area contributed by atoms with Crippen LogP contribution < -0.4 is 0 Å². The fourth-order valence-corrected chi connectivity index (χ4v) is 6.57. The summed E-state index contributed by atoms with van der Waals surface area (Å²) in [5, 5.41) is 10.1. The van der Waals surface area contributed by atoms with Crippen LogP contribution >= 0.6 is 0 Å². The van der Waals surface area contributed by atoms with Crippen LogP contribution in [0.2, 0.25) is 0 Å². The van der Waals surface area contributed by atoms with Crippen molar-refractivity contribution in [1.82, 2.24) is 34.0 Å². The summed E-state index contributed by atoms with van der Waals surface area (Å²) in [6.07, 6.45) is 6.52. The summed E-state index contributed by atoms with van der Waals surface area (Å²) in [6.45, 7) is 1.97. The smallest absolute Gasteiger partial charge is 0.210 e. The highest BCUT2D eigenvalue weighted by Crippen LogP contribution is 2.37. The van der Waals surface area contributed by atoms with Gasteiger partial charge in [-0.25, -0.2) is 4.98 Å². The van der Waals surface area contributed by atoms with Gasteiger partial charge < -0.3 is 14.0 Å². The van der Waals surface area contributed by atoms with E-state index in [0.717, 1.165) is 82.2 Å². The summed E-state index contributed by atoms with van der Waals surface area (Å²) in [6, 6.07) is 6.35. The highest BCUT2D eigenvalue weighted by atomic mass is 32.2. The summed E-state index contributed by atoms with van der Waals surface area (Å²) in [7, 11) is 3.85. The van der Waals surface area contributed by atoms with Gasteiger partial charge in [-0.05, 0) is 12.1 Å². The average molecular weight is 478 g/mol. The van der Waals surface area contributed by atoms with Gasteiger partial charge in [-0.1, -0.05) is 17.2 Å². The van der Waals surface area contributed by atoms with Crippen molar-refractivity contribution in [2.75, 3.05) is 18.1 Å². The van der Waals surface area contributed by atoms with E-state index in [9.17, 15) is 9.35 Å². The molecule has 1 saturated heterocycles. The minimum atomic E-state index is -0.713. The van der Waals surface area contributed by atoms with Crippen LogP contribution in [0.3, 0.4) is 0 Å². The van der Waals surface area contributed by atoms with E-state index in [-0.39, 0.29) is 0 Å². The molecule has 0 bridgehead atoms. The number of fused-ring (bicyclic) bond motifs is 2. The number of aryl methyl sites for hydroxylation is 2. The van der Waals surface area contributed by atoms with Crippen molar-refractivity contribution in [3.05, 3.63) is 42.1 Å². The van der Waals surface area contributed by atoms with E-state index in [1.807, 2.05) is 36.1 Å². The average Bonchev–Trinajstić information content (AvgIpc) is 3.54. The molecular weight excluding hydrogens is 450 g/mol. The largest absolute Gasteiger partial charge is 0.616 e. The minimum absolute atomic E-state index is 0.307. The van der Waals surface area contributed by atoms with Crippen LogP contribution in [0, 0.1) is 0 Å². The fourth-order valence-electron chi connectivity index (χ4n) is 5.27. The van der Waals surface area contributed by atoms with Crippen LogP contribution in [0.1, 0.15) is 30.3 Å². The third-order valence-electron chi connectivity index (χ3n) is 7.07. The predicted octanol–water partition coefficient (Wildman–Crippen LogP) is 2.44. The number of imidazole rings is 1. The van der Waals surface area contributed by atoms with Gasteiger partial charge >= 0.3 is 0 Å². The number of carbonyl (C=O) groups is 1. The number of aromatic nitrogens is 6. The first-order valence-corrected chi connectivity index (χ1v) is 13.1. The lowest BCUT2D eigenvalue weighted by Gasteiger charge is -2.29. The van der Waals surface area contributed by atoms with Crippen LogP contribution in [-0.4, -0.2) is 63.0 Å². The van der Waals surface area contributed by atoms with E-state index in [0.29, 0.717) is 19.0 Å². The molecule has 6 rings (SSSR count). The van der Waals surface area contributed by atoms with Crippen LogP contribution in [0.4, 0.5) is 0 Å². The minimum Gasteiger partial charge on any atom is -0.616 e. The standard InChI is InChI=1S/C24H27N7O2S/c1-28-13-18(12-25-28)22-19-11-17(3-4-20(19)29(2)27-22)23-21-14-30(15-32)7-8-31(21)24(26-23)16-5-9-34(33)10-6-16/h3-4,11-13,15-16H,5-10,14H2,1-2H3. The normalized spacial score (nSPS) is 20.6. The molecule has 0 unspecified atom stereocenters. The van der Waals surface area contributed by atoms with Gasteiger partial charge in [0.1, 0.15) is 23.0 Å². The van der Waals surface area contributed by atoms with Gasteiger partial charge in [0.2, 0.25) is 6.41 Å². The Hall–Kier alpha value is -3.11. The highest BCUT2D eigenvalue weighted by Gasteiger charge is 2.31. The third-order valence-corrected chi connectivity index (χ3v) is 8.45. The molecule has 1 aromatic carbocycles. The van der Waals surface area contributed by atoms with Crippen molar-refractivity contribution in [1.29, 1.82) is 0 Å². The molecule has 9 nitrogen and oxygen atoms in total. The van der Waals surface area contributed by atoms with Gasteiger partial charge in [0.25, 0.3) is 0 Å². The molecule has 2 aliphatic rings. The first kappa shape index (κ1) is 21.4. The summed E-state index contributed by atoms with van der Waals surface area (Å²) in [5.41, 5.74) is 5.93. The maximum atomic E-state index is 11.9. The Morgan fingerprint density at radius 1 is 1.12 bits per heavy atom. The molecule has 4 aromatic rings. The molecule has 1 amide bonds. The first-order chi connectivity index (χ1) is 16.5. The predicted molar refractivity (Wildman–Crippen MR) is 130 cm³/mol. The maximum absolute atomic E-state index is 11.9. The Morgan fingerprint density at radius 3 is 2.68 bits per heavy atom. The van der Waals surface area contributed by atoms with Crippen molar-refractivity contribution in [2.24, 2.45) is 14.1 Å². The van der Waals surface area contributed by atoms with Crippen molar-refractivity contribution >= 4 is 28.5 Å². The molecule has 0 N–H and O–H groups in total. The van der Waals surface area contributed by atoms with Gasteiger partial charge in [0, 0.05) is 68.7 Å². The molecule has 0 aliphatic carbocycles. The number of carbonyl (C=O) groups excluding carboxylic acids is 1. The molecule has 0 saturated carbocycles. The second kappa shape index (κ2) is 8.28. The van der Waals surface area contributed by atoms with Crippen molar-refractivity contribution in [2.45, 2.75) is 31.8 Å². The molecule has 10 heteroatoms. The van der Waals surface area contributed by atoms with E-state index in [1.165, 1.54) is 0 Å². The summed E-state index contributed by atoms with van der Waals surface area (Å²) in [4.78, 5) is 18.6. The van der Waals surface area contributed by atoms with E-state index in [2.05, 4.69) is 27.9 Å². The zero-order valence-electron chi connectivity index (χ0n) is 19.3. The SMILES string of the molecule is Cn1cc(-c2nn(C)c3ccc(-c4nc(C5CC[S+]([O-])CC5)n5c4CN(C=O)CC5)cc23)cn1. The van der Waals surface area contributed by atoms with Crippen molar-refractivity contribution in [3.8, 4) is 22.5 Å². The summed E-state index contributed by atoms with van der Waals surface area (Å²) < 4.78 is 17.9. The Kier molecular flexibility index (Phi) is 5.22. The number of hydrogen-bond donors (Lipinski definition) is 0. The molecule has 5 heterocycles. The number of amides is 1. The van der Waals surface area contributed by atoms with E-state index in [1.54, 1.807) is 4.68 Å². The van der Waals surface area contributed by atoms with Crippen LogP contribution in [0.25, 0.3) is 33.4 Å². The quantitative estimate of drug-likeness (QED) is 0.332. The van der Waals surface area contributed by atoms with Crippen molar-refractivity contribution < 1.29 is 9.35 Å². The van der Waals surface area contributed by atoms with E-state index >= 15 is 0 Å². The number of benzene rings is 1. The number of rotatable bonds is 4. The van der Waals surface area contributed by atoms with Crippen molar-refractivity contribution in [3.63, 3.8) is 0 Å². The Bertz CT molecular complexity index is 1380. The molecule has 3 aromatic heterocycles. The third kappa shape index (κ3) is 3.52. The second-order valence-electron chi connectivity index (χ2n) is 9.22. The molecule has 0 spiro atoms. The highest BCUT2D eigenvalue weighted by molar-refractivity contribution is 7.91. The lowest BCUT2D eigenvalue weighted by molar-refractivity contribution is -0.119. The van der Waals surface area contributed by atoms with Crippen LogP contribution in [0.5, 0.6) is 0 Å². The van der Waals surface area contributed by atoms with Gasteiger partial charge in [-0.15, -0.1) is 0 Å². The monoisotopic (exact) mass is 477 g/mol. The summed E-state index contributed by atoms with van der Waals surface area (Å²) >= 11 is -0.713. The number of hydrogen-bond acceptors (Lipinski definition) is 5. The Morgan fingerprint density at radius 2 is 1.94 bits per heavy atom. The van der Waals surface area contributed by atoms with Gasteiger partial charge in [0.15, 0.2) is 0 Å². The lowest BCUT2D eigenvalue weighted by atomic mass is 10.0. The zero-order valence-corrected chi connectivity index (χ0v) is 20.2. The van der Waals surface area contributed by atoms with Gasteiger partial charge in [0.05, 0.1) is 29.6 Å². The Labute approximate surface area is 200 Å². The van der Waals surface area contributed by atoms with Gasteiger partial charge in [-0.3, -0.25) is 14.2 Å². The molecule has 1 fully saturated rings. The molecule has 176 valence electrons.